The third-order valence-electron chi connectivity index (χ3n) is 2.40. The number of hydrazine groups is 1. The maximum atomic E-state index is 13.7. The highest BCUT2D eigenvalue weighted by atomic mass is 35.5. The van der Waals surface area contributed by atoms with Gasteiger partial charge in [-0.25, -0.2) is 9.37 Å². The summed E-state index contributed by atoms with van der Waals surface area (Å²) in [7, 11) is 0. The Kier molecular flexibility index (Phi) is 4.06. The van der Waals surface area contributed by atoms with Gasteiger partial charge in [0.1, 0.15) is 5.82 Å². The number of nitrogens with two attached hydrogens (primary N) is 1. The molecule has 3 nitrogen and oxygen atoms in total. The van der Waals surface area contributed by atoms with Crippen LogP contribution in [0.5, 0.6) is 0 Å². The number of hydrogen-bond donors (Lipinski definition) is 2. The molecule has 3 N–H and O–H groups in total. The van der Waals surface area contributed by atoms with Crippen LogP contribution in [0, 0.1) is 5.82 Å². The molecular weight excluding hydrogens is 261 g/mol. The summed E-state index contributed by atoms with van der Waals surface area (Å²) in [5.74, 6) is 5.13. The smallest absolute Gasteiger partial charge is 0.128 e. The number of aromatic nitrogens is 1. The minimum atomic E-state index is -0.333. The van der Waals surface area contributed by atoms with E-state index in [-0.39, 0.29) is 11.9 Å². The molecule has 0 fully saturated rings. The van der Waals surface area contributed by atoms with E-state index in [9.17, 15) is 4.39 Å². The second kappa shape index (κ2) is 5.55. The summed E-state index contributed by atoms with van der Waals surface area (Å²) in [5, 5.41) is 3.25. The molecule has 0 amide bonds. The first-order valence-corrected chi connectivity index (χ1v) is 6.26. The van der Waals surface area contributed by atoms with Gasteiger partial charge in [-0.05, 0) is 18.2 Å². The van der Waals surface area contributed by atoms with Crippen LogP contribution < -0.4 is 11.3 Å². The Bertz CT molecular complexity index is 489. The van der Waals surface area contributed by atoms with Crippen LogP contribution in [0.25, 0.3) is 0 Å². The van der Waals surface area contributed by atoms with Crippen molar-refractivity contribution in [3.05, 3.63) is 51.2 Å². The molecule has 1 atom stereocenters. The Morgan fingerprint density at radius 1 is 1.53 bits per heavy atom. The molecule has 0 bridgehead atoms. The van der Waals surface area contributed by atoms with Gasteiger partial charge in [-0.15, -0.1) is 11.3 Å². The minimum Gasteiger partial charge on any atom is -0.271 e. The van der Waals surface area contributed by atoms with Crippen molar-refractivity contribution >= 4 is 22.9 Å². The van der Waals surface area contributed by atoms with Crippen molar-refractivity contribution in [1.29, 1.82) is 0 Å². The molecule has 2 aromatic rings. The largest absolute Gasteiger partial charge is 0.271 e. The first-order valence-electron chi connectivity index (χ1n) is 5.00. The summed E-state index contributed by atoms with van der Waals surface area (Å²) in [5.41, 5.74) is 3.05. The fraction of sp³-hybridized carbons (Fsp3) is 0.182. The predicted molar refractivity (Wildman–Crippen MR) is 67.3 cm³/mol. The second-order valence-electron chi connectivity index (χ2n) is 3.52. The third-order valence-corrected chi connectivity index (χ3v) is 3.43. The van der Waals surface area contributed by atoms with E-state index in [2.05, 4.69) is 10.4 Å². The Morgan fingerprint density at radius 2 is 2.35 bits per heavy atom. The average Bonchev–Trinajstić information content (AvgIpc) is 2.82. The molecule has 1 unspecified atom stereocenters. The molecule has 90 valence electrons. The molecule has 0 aliphatic carbocycles. The van der Waals surface area contributed by atoms with Crippen molar-refractivity contribution in [3.8, 4) is 0 Å². The van der Waals surface area contributed by atoms with Crippen LogP contribution in [-0.2, 0) is 6.42 Å². The lowest BCUT2D eigenvalue weighted by Crippen LogP contribution is -2.30. The van der Waals surface area contributed by atoms with E-state index < -0.39 is 0 Å². The van der Waals surface area contributed by atoms with E-state index in [0.29, 0.717) is 17.0 Å². The van der Waals surface area contributed by atoms with Crippen LogP contribution in [0.15, 0.2) is 29.8 Å². The van der Waals surface area contributed by atoms with Crippen LogP contribution >= 0.6 is 22.9 Å². The molecule has 0 radical (unpaired) electrons. The molecule has 0 aliphatic heterocycles. The van der Waals surface area contributed by atoms with E-state index in [0.717, 1.165) is 5.01 Å². The summed E-state index contributed by atoms with van der Waals surface area (Å²) >= 11 is 7.36. The van der Waals surface area contributed by atoms with Gasteiger partial charge in [0, 0.05) is 28.6 Å². The quantitative estimate of drug-likeness (QED) is 0.664. The maximum absolute atomic E-state index is 13.7. The van der Waals surface area contributed by atoms with Crippen LogP contribution in [-0.4, -0.2) is 4.98 Å². The lowest BCUT2D eigenvalue weighted by atomic mass is 10.0. The van der Waals surface area contributed by atoms with Crippen molar-refractivity contribution in [2.75, 3.05) is 0 Å². The molecule has 0 saturated heterocycles. The summed E-state index contributed by atoms with van der Waals surface area (Å²) in [6, 6.07) is 4.09. The normalized spacial score (nSPS) is 12.6. The fourth-order valence-electron chi connectivity index (χ4n) is 1.57. The van der Waals surface area contributed by atoms with Crippen molar-refractivity contribution in [2.24, 2.45) is 5.84 Å². The molecule has 1 heterocycles. The molecular formula is C11H11ClFN3S. The van der Waals surface area contributed by atoms with Gasteiger partial charge in [0.05, 0.1) is 11.0 Å². The Hall–Kier alpha value is -1.01. The molecule has 2 rings (SSSR count). The zero-order chi connectivity index (χ0) is 12.3. The number of nitrogens with one attached hydrogen (secondary N) is 1. The first-order chi connectivity index (χ1) is 8.20. The van der Waals surface area contributed by atoms with Crippen molar-refractivity contribution in [1.82, 2.24) is 10.4 Å². The van der Waals surface area contributed by atoms with E-state index in [1.54, 1.807) is 12.3 Å². The van der Waals surface area contributed by atoms with Gasteiger partial charge in [-0.1, -0.05) is 11.6 Å². The van der Waals surface area contributed by atoms with Crippen molar-refractivity contribution in [3.63, 3.8) is 0 Å². The molecule has 0 aliphatic rings. The van der Waals surface area contributed by atoms with Gasteiger partial charge in [0.2, 0.25) is 0 Å². The van der Waals surface area contributed by atoms with Gasteiger partial charge in [-0.2, -0.15) is 0 Å². The topological polar surface area (TPSA) is 50.9 Å². The summed E-state index contributed by atoms with van der Waals surface area (Å²) in [4.78, 5) is 4.15. The van der Waals surface area contributed by atoms with Gasteiger partial charge in [-0.3, -0.25) is 11.3 Å². The number of thiazole rings is 1. The zero-order valence-electron chi connectivity index (χ0n) is 8.86. The average molecular weight is 272 g/mol. The lowest BCUT2D eigenvalue weighted by Gasteiger charge is -2.16. The Balaban J connectivity index is 2.25. The van der Waals surface area contributed by atoms with E-state index in [4.69, 9.17) is 17.4 Å². The Morgan fingerprint density at radius 3 is 3.00 bits per heavy atom. The molecule has 0 saturated carbocycles. The molecule has 0 spiro atoms. The van der Waals surface area contributed by atoms with Crippen LogP contribution in [0.2, 0.25) is 5.02 Å². The van der Waals surface area contributed by atoms with Gasteiger partial charge >= 0.3 is 0 Å². The van der Waals surface area contributed by atoms with Gasteiger partial charge in [0.15, 0.2) is 0 Å². The molecule has 6 heteroatoms. The van der Waals surface area contributed by atoms with Gasteiger partial charge in [0.25, 0.3) is 0 Å². The number of rotatable bonds is 4. The fourth-order valence-corrected chi connectivity index (χ4v) is 2.41. The van der Waals surface area contributed by atoms with Gasteiger partial charge < -0.3 is 0 Å². The molecule has 1 aromatic carbocycles. The van der Waals surface area contributed by atoms with E-state index in [1.165, 1.54) is 23.5 Å². The molecule has 1 aromatic heterocycles. The monoisotopic (exact) mass is 271 g/mol. The zero-order valence-corrected chi connectivity index (χ0v) is 10.4. The predicted octanol–water partition coefficient (Wildman–Crippen LogP) is 2.68. The van der Waals surface area contributed by atoms with Crippen molar-refractivity contribution < 1.29 is 4.39 Å². The van der Waals surface area contributed by atoms with Crippen LogP contribution in [0.1, 0.15) is 16.6 Å². The second-order valence-corrected chi connectivity index (χ2v) is 4.93. The highest BCUT2D eigenvalue weighted by molar-refractivity contribution is 7.09. The number of nitrogens with zero attached hydrogens (tertiary/aromatic N) is 1. The summed E-state index contributed by atoms with van der Waals surface area (Å²) < 4.78 is 13.7. The SMILES string of the molecule is NNC(Cc1nccs1)c1cc(Cl)ccc1F. The number of hydrogen-bond acceptors (Lipinski definition) is 4. The van der Waals surface area contributed by atoms with E-state index in [1.807, 2.05) is 5.38 Å². The summed E-state index contributed by atoms with van der Waals surface area (Å²) in [6.07, 6.45) is 2.24. The highest BCUT2D eigenvalue weighted by Crippen LogP contribution is 2.24. The number of halogens is 2. The standard InChI is InChI=1S/C11H11ClFN3S/c12-7-1-2-9(13)8(5-7)10(16-14)6-11-15-3-4-17-11/h1-5,10,16H,6,14H2. The van der Waals surface area contributed by atoms with E-state index >= 15 is 0 Å². The highest BCUT2D eigenvalue weighted by Gasteiger charge is 2.16. The maximum Gasteiger partial charge on any atom is 0.128 e. The molecule has 17 heavy (non-hydrogen) atoms. The van der Waals surface area contributed by atoms with Crippen molar-refractivity contribution in [2.45, 2.75) is 12.5 Å². The van der Waals surface area contributed by atoms with Crippen LogP contribution in [0.4, 0.5) is 4.39 Å². The first kappa shape index (κ1) is 12.4. The summed E-state index contributed by atoms with van der Waals surface area (Å²) in [6.45, 7) is 0. The lowest BCUT2D eigenvalue weighted by molar-refractivity contribution is 0.510. The van der Waals surface area contributed by atoms with Crippen LogP contribution in [0.3, 0.4) is 0 Å². The third kappa shape index (κ3) is 3.01. The Labute approximate surface area is 107 Å². The minimum absolute atomic E-state index is 0.325. The number of benzene rings is 1.